The van der Waals surface area contributed by atoms with Crippen LogP contribution in [-0.4, -0.2) is 32.7 Å². The van der Waals surface area contributed by atoms with Gasteiger partial charge in [0.05, 0.1) is 13.2 Å². The van der Waals surface area contributed by atoms with Crippen molar-refractivity contribution in [1.29, 1.82) is 0 Å². The van der Waals surface area contributed by atoms with Crippen LogP contribution in [0.1, 0.15) is 18.9 Å². The lowest BCUT2D eigenvalue weighted by Gasteiger charge is -2.08. The molecule has 0 fully saturated rings. The third kappa shape index (κ3) is 5.68. The minimum Gasteiger partial charge on any atom is -0.494 e. The van der Waals surface area contributed by atoms with Crippen LogP contribution in [0.15, 0.2) is 24.3 Å². The van der Waals surface area contributed by atoms with E-state index in [1.54, 1.807) is 7.05 Å². The van der Waals surface area contributed by atoms with Crippen molar-refractivity contribution in [3.8, 4) is 5.75 Å². The van der Waals surface area contributed by atoms with E-state index < -0.39 is 0 Å². The number of carbonyl (C=O) groups excluding carboxylic acids is 1. The Kier molecular flexibility index (Phi) is 6.87. The quantitative estimate of drug-likeness (QED) is 0.732. The zero-order chi connectivity index (χ0) is 13.2. The van der Waals surface area contributed by atoms with E-state index in [1.165, 1.54) is 5.56 Å². The number of carbonyl (C=O) groups is 1. The summed E-state index contributed by atoms with van der Waals surface area (Å²) in [4.78, 5) is 11.2. The Morgan fingerprint density at radius 2 is 2.22 bits per heavy atom. The molecule has 0 saturated heterocycles. The first kappa shape index (κ1) is 14.5. The van der Waals surface area contributed by atoms with E-state index in [4.69, 9.17) is 4.74 Å². The van der Waals surface area contributed by atoms with E-state index in [2.05, 4.69) is 17.6 Å². The van der Waals surface area contributed by atoms with E-state index in [0.29, 0.717) is 13.1 Å². The molecule has 0 bridgehead atoms. The zero-order valence-corrected chi connectivity index (χ0v) is 11.2. The summed E-state index contributed by atoms with van der Waals surface area (Å²) in [5, 5.41) is 5.67. The Balaban J connectivity index is 2.35. The van der Waals surface area contributed by atoms with E-state index in [1.807, 2.05) is 24.3 Å². The van der Waals surface area contributed by atoms with E-state index in [9.17, 15) is 4.79 Å². The summed E-state index contributed by atoms with van der Waals surface area (Å²) in [5.74, 6) is 0.923. The molecule has 0 saturated carbocycles. The van der Waals surface area contributed by atoms with Crippen molar-refractivity contribution in [2.75, 3.05) is 26.7 Å². The van der Waals surface area contributed by atoms with Gasteiger partial charge in [-0.2, -0.15) is 0 Å². The second-order valence-corrected chi connectivity index (χ2v) is 4.13. The SMILES string of the molecule is CCCOc1cccc(CCNC(=O)CNC)c1. The minimum atomic E-state index is 0.0240. The van der Waals surface area contributed by atoms with Gasteiger partial charge in [0.2, 0.25) is 5.91 Å². The summed E-state index contributed by atoms with van der Waals surface area (Å²) >= 11 is 0. The van der Waals surface area contributed by atoms with Crippen LogP contribution in [0.3, 0.4) is 0 Å². The lowest BCUT2D eigenvalue weighted by molar-refractivity contribution is -0.120. The predicted octanol–water partition coefficient (Wildman–Crippen LogP) is 1.35. The molecule has 100 valence electrons. The summed E-state index contributed by atoms with van der Waals surface area (Å²) in [5.41, 5.74) is 1.17. The lowest BCUT2D eigenvalue weighted by atomic mass is 10.1. The summed E-state index contributed by atoms with van der Waals surface area (Å²) in [6.07, 6.45) is 1.82. The first-order valence-electron chi connectivity index (χ1n) is 6.39. The van der Waals surface area contributed by atoms with Crippen LogP contribution >= 0.6 is 0 Å². The van der Waals surface area contributed by atoms with Gasteiger partial charge in [-0.05, 0) is 37.6 Å². The summed E-state index contributed by atoms with van der Waals surface area (Å²) in [7, 11) is 1.76. The highest BCUT2D eigenvalue weighted by Crippen LogP contribution is 2.13. The van der Waals surface area contributed by atoms with Crippen LogP contribution in [0, 0.1) is 0 Å². The Hall–Kier alpha value is -1.55. The maximum absolute atomic E-state index is 11.2. The fourth-order valence-electron chi connectivity index (χ4n) is 1.58. The van der Waals surface area contributed by atoms with Gasteiger partial charge in [-0.15, -0.1) is 0 Å². The topological polar surface area (TPSA) is 50.4 Å². The summed E-state index contributed by atoms with van der Waals surface area (Å²) in [6, 6.07) is 8.01. The molecule has 1 amide bonds. The van der Waals surface area contributed by atoms with Gasteiger partial charge < -0.3 is 15.4 Å². The first-order valence-corrected chi connectivity index (χ1v) is 6.39. The molecule has 0 aliphatic heterocycles. The zero-order valence-electron chi connectivity index (χ0n) is 11.2. The van der Waals surface area contributed by atoms with E-state index in [-0.39, 0.29) is 5.91 Å². The van der Waals surface area contributed by atoms with E-state index in [0.717, 1.165) is 25.2 Å². The predicted molar refractivity (Wildman–Crippen MR) is 72.9 cm³/mol. The van der Waals surface area contributed by atoms with Crippen LogP contribution in [0.5, 0.6) is 5.75 Å². The summed E-state index contributed by atoms with van der Waals surface area (Å²) in [6.45, 7) is 3.83. The standard InChI is InChI=1S/C14H22N2O2/c1-3-9-18-13-6-4-5-12(10-13)7-8-16-14(17)11-15-2/h4-6,10,15H,3,7-9,11H2,1-2H3,(H,16,17). The van der Waals surface area contributed by atoms with Crippen molar-refractivity contribution in [1.82, 2.24) is 10.6 Å². The molecule has 0 aromatic heterocycles. The van der Waals surface area contributed by atoms with Crippen LogP contribution in [0.2, 0.25) is 0 Å². The van der Waals surface area contributed by atoms with Crippen molar-refractivity contribution in [2.45, 2.75) is 19.8 Å². The number of amides is 1. The molecule has 0 unspecified atom stereocenters. The Morgan fingerprint density at radius 3 is 2.94 bits per heavy atom. The third-order valence-corrected chi connectivity index (χ3v) is 2.44. The lowest BCUT2D eigenvalue weighted by Crippen LogP contribution is -2.33. The van der Waals surface area contributed by atoms with Crippen molar-refractivity contribution in [2.24, 2.45) is 0 Å². The number of hydrogen-bond acceptors (Lipinski definition) is 3. The van der Waals surface area contributed by atoms with Crippen LogP contribution in [0.4, 0.5) is 0 Å². The molecule has 1 aromatic rings. The number of ether oxygens (including phenoxy) is 1. The van der Waals surface area contributed by atoms with Gasteiger partial charge in [0, 0.05) is 6.54 Å². The van der Waals surface area contributed by atoms with Crippen LogP contribution < -0.4 is 15.4 Å². The molecule has 2 N–H and O–H groups in total. The van der Waals surface area contributed by atoms with Crippen molar-refractivity contribution in [3.63, 3.8) is 0 Å². The minimum absolute atomic E-state index is 0.0240. The molecule has 0 spiro atoms. The largest absolute Gasteiger partial charge is 0.494 e. The fraction of sp³-hybridized carbons (Fsp3) is 0.500. The molecule has 1 rings (SSSR count). The molecule has 0 radical (unpaired) electrons. The Labute approximate surface area is 109 Å². The van der Waals surface area contributed by atoms with E-state index >= 15 is 0 Å². The maximum Gasteiger partial charge on any atom is 0.233 e. The number of benzene rings is 1. The van der Waals surface area contributed by atoms with Gasteiger partial charge in [0.25, 0.3) is 0 Å². The van der Waals surface area contributed by atoms with Gasteiger partial charge in [-0.3, -0.25) is 4.79 Å². The van der Waals surface area contributed by atoms with Crippen molar-refractivity contribution in [3.05, 3.63) is 29.8 Å². The Morgan fingerprint density at radius 1 is 1.39 bits per heavy atom. The van der Waals surface area contributed by atoms with Gasteiger partial charge in [-0.1, -0.05) is 19.1 Å². The van der Waals surface area contributed by atoms with Gasteiger partial charge in [-0.25, -0.2) is 0 Å². The number of rotatable bonds is 8. The average Bonchev–Trinajstić information content (AvgIpc) is 2.37. The van der Waals surface area contributed by atoms with Crippen molar-refractivity contribution >= 4 is 5.91 Å². The van der Waals surface area contributed by atoms with Gasteiger partial charge >= 0.3 is 0 Å². The normalized spacial score (nSPS) is 10.1. The number of hydrogen-bond donors (Lipinski definition) is 2. The molecule has 0 aliphatic rings. The first-order chi connectivity index (χ1) is 8.76. The van der Waals surface area contributed by atoms with Crippen molar-refractivity contribution < 1.29 is 9.53 Å². The summed E-state index contributed by atoms with van der Waals surface area (Å²) < 4.78 is 5.56. The highest BCUT2D eigenvalue weighted by Gasteiger charge is 2.00. The smallest absolute Gasteiger partial charge is 0.233 e. The number of likely N-dealkylation sites (N-methyl/N-ethyl adjacent to an activating group) is 1. The highest BCUT2D eigenvalue weighted by atomic mass is 16.5. The molecule has 1 aromatic carbocycles. The molecule has 0 atom stereocenters. The number of nitrogens with one attached hydrogen (secondary N) is 2. The second kappa shape index (κ2) is 8.53. The van der Waals surface area contributed by atoms with Crippen LogP contribution in [-0.2, 0) is 11.2 Å². The molecule has 0 heterocycles. The monoisotopic (exact) mass is 250 g/mol. The molecule has 18 heavy (non-hydrogen) atoms. The average molecular weight is 250 g/mol. The fourth-order valence-corrected chi connectivity index (χ4v) is 1.58. The molecular formula is C14H22N2O2. The molecule has 4 heteroatoms. The van der Waals surface area contributed by atoms with Gasteiger partial charge in [0.1, 0.15) is 5.75 Å². The molecular weight excluding hydrogens is 228 g/mol. The van der Waals surface area contributed by atoms with Crippen LogP contribution in [0.25, 0.3) is 0 Å². The highest BCUT2D eigenvalue weighted by molar-refractivity contribution is 5.77. The Bertz CT molecular complexity index is 367. The van der Waals surface area contributed by atoms with Gasteiger partial charge in [0.15, 0.2) is 0 Å². The second-order valence-electron chi connectivity index (χ2n) is 4.13. The molecule has 4 nitrogen and oxygen atoms in total. The third-order valence-electron chi connectivity index (χ3n) is 2.44. The maximum atomic E-state index is 11.2. The molecule has 0 aliphatic carbocycles.